The van der Waals surface area contributed by atoms with Gasteiger partial charge in [0.2, 0.25) is 0 Å². The maximum Gasteiger partial charge on any atom is 0.347 e. The van der Waals surface area contributed by atoms with Crippen LogP contribution in [0.3, 0.4) is 0 Å². The number of aromatic nitrogens is 2. The van der Waals surface area contributed by atoms with Gasteiger partial charge in [-0.25, -0.2) is 18.6 Å². The second-order valence-corrected chi connectivity index (χ2v) is 9.61. The Bertz CT molecular complexity index is 1530. The summed E-state index contributed by atoms with van der Waals surface area (Å²) in [6, 6.07) is 16.6. The highest BCUT2D eigenvalue weighted by Crippen LogP contribution is 2.34. The van der Waals surface area contributed by atoms with Gasteiger partial charge in [-0.1, -0.05) is 75.2 Å². The average molecular weight is 665 g/mol. The van der Waals surface area contributed by atoms with Gasteiger partial charge in [0.1, 0.15) is 17.8 Å². The van der Waals surface area contributed by atoms with Crippen LogP contribution in [-0.4, -0.2) is 36.8 Å². The van der Waals surface area contributed by atoms with Crippen molar-refractivity contribution >= 4 is 35.0 Å². The molecule has 0 unspecified atom stereocenters. The van der Waals surface area contributed by atoms with E-state index >= 15 is 0 Å². The van der Waals surface area contributed by atoms with Crippen LogP contribution in [0.25, 0.3) is 5.69 Å². The Morgan fingerprint density at radius 3 is 1.67 bits per heavy atom. The first-order chi connectivity index (χ1) is 21.7. The van der Waals surface area contributed by atoms with Crippen LogP contribution in [0.15, 0.2) is 71.8 Å². The summed E-state index contributed by atoms with van der Waals surface area (Å²) in [5.74, 6) is 0.426. The first-order valence-corrected chi connectivity index (χ1v) is 14.9. The van der Waals surface area contributed by atoms with Crippen LogP contribution in [0.1, 0.15) is 61.2 Å². The van der Waals surface area contributed by atoms with Crippen molar-refractivity contribution in [3.05, 3.63) is 110 Å². The van der Waals surface area contributed by atoms with Crippen LogP contribution in [0.5, 0.6) is 11.5 Å². The van der Waals surface area contributed by atoms with E-state index in [2.05, 4.69) is 4.98 Å². The van der Waals surface area contributed by atoms with Crippen molar-refractivity contribution < 1.29 is 27.8 Å². The summed E-state index contributed by atoms with van der Waals surface area (Å²) in [6.45, 7) is 8.50. The van der Waals surface area contributed by atoms with E-state index in [4.69, 9.17) is 37.4 Å². The Kier molecular flexibility index (Phi) is 14.8. The normalized spacial score (nSPS) is 10.2. The lowest BCUT2D eigenvalue weighted by molar-refractivity contribution is 0.0598. The van der Waals surface area contributed by atoms with Gasteiger partial charge in [-0.15, -0.1) is 0 Å². The highest BCUT2D eigenvalue weighted by molar-refractivity contribution is 6.37. The third-order valence-corrected chi connectivity index (χ3v) is 6.81. The Morgan fingerprint density at radius 2 is 1.29 bits per heavy atom. The number of rotatable bonds is 10. The van der Waals surface area contributed by atoms with Gasteiger partial charge in [0, 0.05) is 18.7 Å². The summed E-state index contributed by atoms with van der Waals surface area (Å²) >= 11 is 12.5. The molecule has 0 saturated carbocycles. The van der Waals surface area contributed by atoms with E-state index < -0.39 is 23.5 Å². The molecule has 1 aromatic heterocycles. The van der Waals surface area contributed by atoms with Gasteiger partial charge >= 0.3 is 5.97 Å². The first-order valence-electron chi connectivity index (χ1n) is 14.1. The number of halogens is 4. The largest absolute Gasteiger partial charge is 0.497 e. The van der Waals surface area contributed by atoms with Crippen molar-refractivity contribution in [3.63, 3.8) is 0 Å². The van der Waals surface area contributed by atoms with Crippen molar-refractivity contribution in [2.45, 2.75) is 47.2 Å². The Morgan fingerprint density at radius 1 is 0.844 bits per heavy atom. The zero-order chi connectivity index (χ0) is 33.7. The van der Waals surface area contributed by atoms with Gasteiger partial charge in [0.15, 0.2) is 11.4 Å². The number of carbonyl (C=O) groups is 1. The molecule has 45 heavy (non-hydrogen) atoms. The average Bonchev–Trinajstić information content (AvgIpc) is 3.06. The van der Waals surface area contributed by atoms with Crippen molar-refractivity contribution in [1.29, 1.82) is 0 Å². The minimum atomic E-state index is -2.83. The lowest BCUT2D eigenvalue weighted by atomic mass is 10.1. The molecule has 0 amide bonds. The van der Waals surface area contributed by atoms with Gasteiger partial charge < -0.3 is 19.1 Å². The maximum atomic E-state index is 13.8. The molecule has 0 aliphatic heterocycles. The first kappa shape index (κ1) is 37.0. The van der Waals surface area contributed by atoms with Crippen LogP contribution in [0.4, 0.5) is 14.6 Å². The molecule has 4 aromatic rings. The number of esters is 1. The molecule has 0 aliphatic carbocycles. The van der Waals surface area contributed by atoms with Gasteiger partial charge in [-0.05, 0) is 47.5 Å². The Balaban J connectivity index is 0.00000169. The molecule has 0 radical (unpaired) electrons. The summed E-state index contributed by atoms with van der Waals surface area (Å²) in [5.41, 5.74) is -0.0555. The molecular formula is C33H37Cl2F2N3O5. The molecular weight excluding hydrogens is 627 g/mol. The fraction of sp³-hybridized carbons (Fsp3) is 0.303. The number of nitrogens with zero attached hydrogens (tertiary/aromatic N) is 3. The molecule has 0 N–H and O–H groups in total. The zero-order valence-electron chi connectivity index (χ0n) is 26.2. The van der Waals surface area contributed by atoms with Crippen LogP contribution in [0.2, 0.25) is 10.0 Å². The summed E-state index contributed by atoms with van der Waals surface area (Å²) in [6.07, 6.45) is -1.68. The fourth-order valence-electron chi connectivity index (χ4n) is 4.17. The molecule has 242 valence electrons. The molecule has 4 rings (SSSR count). The number of carbonyl (C=O) groups excluding carboxylic acids is 1. The van der Waals surface area contributed by atoms with E-state index in [0.29, 0.717) is 11.5 Å². The van der Waals surface area contributed by atoms with E-state index in [1.807, 2.05) is 52.0 Å². The Hall–Kier alpha value is -4.15. The number of methoxy groups -OCH3 is 3. The van der Waals surface area contributed by atoms with Crippen molar-refractivity contribution in [2.24, 2.45) is 0 Å². The summed E-state index contributed by atoms with van der Waals surface area (Å²) in [4.78, 5) is 33.0. The number of anilines is 1. The highest BCUT2D eigenvalue weighted by atomic mass is 35.5. The van der Waals surface area contributed by atoms with Crippen molar-refractivity contribution in [2.75, 3.05) is 26.2 Å². The molecule has 8 nitrogen and oxygen atoms in total. The molecule has 0 aliphatic rings. The van der Waals surface area contributed by atoms with Gasteiger partial charge in [0.05, 0.1) is 37.1 Å². The monoisotopic (exact) mass is 663 g/mol. The zero-order valence-corrected chi connectivity index (χ0v) is 27.7. The second-order valence-electron chi connectivity index (χ2n) is 8.80. The van der Waals surface area contributed by atoms with E-state index in [1.165, 1.54) is 0 Å². The van der Waals surface area contributed by atoms with Crippen LogP contribution < -0.4 is 19.9 Å². The van der Waals surface area contributed by atoms with Crippen molar-refractivity contribution in [1.82, 2.24) is 9.55 Å². The number of hydrogen-bond donors (Lipinski definition) is 0. The highest BCUT2D eigenvalue weighted by Gasteiger charge is 2.27. The number of hydrogen-bond acceptors (Lipinski definition) is 7. The van der Waals surface area contributed by atoms with Gasteiger partial charge in [-0.3, -0.25) is 9.36 Å². The molecule has 0 spiro atoms. The quantitative estimate of drug-likeness (QED) is 0.157. The summed E-state index contributed by atoms with van der Waals surface area (Å²) in [5, 5.41) is -0.429. The predicted molar refractivity (Wildman–Crippen MR) is 175 cm³/mol. The second kappa shape index (κ2) is 18.0. The smallest absolute Gasteiger partial charge is 0.347 e. The maximum absolute atomic E-state index is 13.8. The molecule has 0 atom stereocenters. The predicted octanol–water partition coefficient (Wildman–Crippen LogP) is 8.54. The van der Waals surface area contributed by atoms with Crippen LogP contribution in [0, 0.1) is 0 Å². The molecule has 1 heterocycles. The molecule has 0 saturated heterocycles. The van der Waals surface area contributed by atoms with Crippen LogP contribution in [-0.2, 0) is 17.8 Å². The molecule has 3 aromatic carbocycles. The Labute approximate surface area is 272 Å². The van der Waals surface area contributed by atoms with Crippen molar-refractivity contribution in [3.8, 4) is 17.2 Å². The topological polar surface area (TPSA) is 82.9 Å². The molecule has 12 heteroatoms. The van der Waals surface area contributed by atoms with Gasteiger partial charge in [-0.2, -0.15) is 0 Å². The van der Waals surface area contributed by atoms with E-state index in [1.54, 1.807) is 43.4 Å². The minimum absolute atomic E-state index is 0.0428. The third-order valence-electron chi connectivity index (χ3n) is 6.24. The third kappa shape index (κ3) is 9.18. The fourth-order valence-corrected chi connectivity index (χ4v) is 4.86. The minimum Gasteiger partial charge on any atom is -0.497 e. The number of alkyl halides is 2. The van der Waals surface area contributed by atoms with E-state index in [-0.39, 0.29) is 40.2 Å². The van der Waals surface area contributed by atoms with E-state index in [0.717, 1.165) is 41.3 Å². The molecule has 0 fully saturated rings. The lowest BCUT2D eigenvalue weighted by Crippen LogP contribution is -2.33. The van der Waals surface area contributed by atoms with E-state index in [9.17, 15) is 18.4 Å². The number of benzene rings is 3. The number of ether oxygens (including phenoxy) is 3. The van der Waals surface area contributed by atoms with Gasteiger partial charge in [0.25, 0.3) is 12.0 Å². The standard InChI is InChI=1S/C29H25Cl2F2N3O5.2C2H6/c1-39-20-8-4-17(5-9-20)14-35(15-18-6-10-21(40-2)11-7-18)27-24(29(38)41-3)28(37)36(16-34-27)25-22(30)12-19(26(32)33)13-23(25)31;2*1-2/h4-13,16,26H,14-15H2,1-3H3;2*1-2H3. The summed E-state index contributed by atoms with van der Waals surface area (Å²) < 4.78 is 42.9. The summed E-state index contributed by atoms with van der Waals surface area (Å²) in [7, 11) is 4.26. The SMILES string of the molecule is CC.CC.COC(=O)c1c(N(Cc2ccc(OC)cc2)Cc2ccc(OC)cc2)ncn(-c2c(Cl)cc(C(F)F)cc2Cl)c1=O. The molecule has 0 bridgehead atoms. The lowest BCUT2D eigenvalue weighted by Gasteiger charge is -2.26. The van der Waals surface area contributed by atoms with Crippen LogP contribution >= 0.6 is 23.2 Å².